The van der Waals surface area contributed by atoms with Gasteiger partial charge in [-0.2, -0.15) is 0 Å². The lowest BCUT2D eigenvalue weighted by atomic mass is 10.0. The minimum Gasteiger partial charge on any atom is -0.465 e. The predicted octanol–water partition coefficient (Wildman–Crippen LogP) is 3.60. The molecule has 0 fully saturated rings. The van der Waals surface area contributed by atoms with Gasteiger partial charge in [-0.15, -0.1) is 11.3 Å². The van der Waals surface area contributed by atoms with Gasteiger partial charge in [0, 0.05) is 40.4 Å². The molecular weight excluding hydrogens is 378 g/mol. The van der Waals surface area contributed by atoms with Crippen LogP contribution in [-0.2, 0) is 6.54 Å². The number of benzene rings is 1. The van der Waals surface area contributed by atoms with Gasteiger partial charge in [-0.3, -0.25) is 19.1 Å². The predicted molar refractivity (Wildman–Crippen MR) is 111 cm³/mol. The first kappa shape index (κ1) is 19.6. The van der Waals surface area contributed by atoms with Gasteiger partial charge >= 0.3 is 6.09 Å². The van der Waals surface area contributed by atoms with Crippen molar-refractivity contribution in [2.75, 3.05) is 11.9 Å². The number of aromatic nitrogens is 1. The third-order valence-corrected chi connectivity index (χ3v) is 5.34. The van der Waals surface area contributed by atoms with Crippen LogP contribution in [0.2, 0.25) is 0 Å². The van der Waals surface area contributed by atoms with Gasteiger partial charge in [-0.25, -0.2) is 4.79 Å². The molecule has 0 saturated carbocycles. The van der Waals surface area contributed by atoms with E-state index in [1.54, 1.807) is 12.1 Å². The second-order valence-electron chi connectivity index (χ2n) is 6.95. The Kier molecular flexibility index (Phi) is 5.24. The highest BCUT2D eigenvalue weighted by atomic mass is 32.1. The fraction of sp³-hybridized carbons (Fsp3) is 0.250. The molecule has 28 heavy (non-hydrogen) atoms. The van der Waals surface area contributed by atoms with Gasteiger partial charge in [-0.1, -0.05) is 19.9 Å². The van der Waals surface area contributed by atoms with Crippen LogP contribution in [0.5, 0.6) is 0 Å². The highest BCUT2D eigenvalue weighted by molar-refractivity contribution is 7.13. The Hall–Kier alpha value is -3.13. The van der Waals surface area contributed by atoms with E-state index in [1.165, 1.54) is 29.0 Å². The van der Waals surface area contributed by atoms with E-state index in [2.05, 4.69) is 0 Å². The SMILES string of the molecule is CC(C)Cn1c(N(C)C(=O)O)c(-c2cccs2)c2cc(C(N)=O)ccc2c1=O. The lowest BCUT2D eigenvalue weighted by molar-refractivity contribution is 0.100. The molecule has 0 spiro atoms. The summed E-state index contributed by atoms with van der Waals surface area (Å²) < 4.78 is 1.50. The van der Waals surface area contributed by atoms with E-state index in [1.807, 2.05) is 31.4 Å². The van der Waals surface area contributed by atoms with E-state index in [0.717, 1.165) is 9.78 Å². The minimum absolute atomic E-state index is 0.122. The highest BCUT2D eigenvalue weighted by Crippen LogP contribution is 2.39. The maximum Gasteiger partial charge on any atom is 0.412 e. The summed E-state index contributed by atoms with van der Waals surface area (Å²) in [6.07, 6.45) is -1.18. The van der Waals surface area contributed by atoms with Crippen LogP contribution < -0.4 is 16.2 Å². The zero-order chi connectivity index (χ0) is 20.6. The van der Waals surface area contributed by atoms with Crippen molar-refractivity contribution in [3.8, 4) is 10.4 Å². The molecule has 0 aliphatic heterocycles. The molecule has 3 rings (SSSR count). The van der Waals surface area contributed by atoms with Crippen molar-refractivity contribution < 1.29 is 14.7 Å². The second kappa shape index (κ2) is 7.47. The molecule has 2 amide bonds. The average molecular weight is 399 g/mol. The Labute approximate surface area is 165 Å². The maximum atomic E-state index is 13.2. The lowest BCUT2D eigenvalue weighted by Crippen LogP contribution is -2.34. The third kappa shape index (κ3) is 3.38. The summed E-state index contributed by atoms with van der Waals surface area (Å²) in [7, 11) is 1.41. The van der Waals surface area contributed by atoms with Crippen LogP contribution in [-0.4, -0.2) is 28.7 Å². The molecule has 8 heteroatoms. The van der Waals surface area contributed by atoms with Gasteiger partial charge in [0.1, 0.15) is 5.82 Å². The zero-order valence-corrected chi connectivity index (χ0v) is 16.6. The molecule has 0 aliphatic rings. The molecule has 146 valence electrons. The highest BCUT2D eigenvalue weighted by Gasteiger charge is 2.25. The molecular formula is C20H21N3O4S. The number of carbonyl (C=O) groups excluding carboxylic acids is 1. The number of amides is 2. The van der Waals surface area contributed by atoms with Crippen molar-refractivity contribution in [3.05, 3.63) is 51.6 Å². The Morgan fingerprint density at radius 1 is 1.25 bits per heavy atom. The summed E-state index contributed by atoms with van der Waals surface area (Å²) in [4.78, 5) is 38.6. The number of fused-ring (bicyclic) bond motifs is 1. The summed E-state index contributed by atoms with van der Waals surface area (Å²) >= 11 is 1.43. The smallest absolute Gasteiger partial charge is 0.412 e. The number of pyridine rings is 1. The van der Waals surface area contributed by atoms with Gasteiger partial charge in [-0.05, 0) is 35.6 Å². The number of nitrogens with zero attached hydrogens (tertiary/aromatic N) is 2. The number of thiophene rings is 1. The molecule has 2 heterocycles. The Balaban J connectivity index is 2.55. The number of rotatable bonds is 5. The van der Waals surface area contributed by atoms with Crippen LogP contribution in [0.25, 0.3) is 21.2 Å². The van der Waals surface area contributed by atoms with E-state index in [0.29, 0.717) is 22.9 Å². The molecule has 3 aromatic rings. The molecule has 0 radical (unpaired) electrons. The fourth-order valence-electron chi connectivity index (χ4n) is 3.23. The maximum absolute atomic E-state index is 13.2. The second-order valence-corrected chi connectivity index (χ2v) is 7.90. The van der Waals surface area contributed by atoms with E-state index >= 15 is 0 Å². The summed E-state index contributed by atoms with van der Waals surface area (Å²) in [6.45, 7) is 4.28. The van der Waals surface area contributed by atoms with Gasteiger partial charge in [0.2, 0.25) is 5.91 Å². The van der Waals surface area contributed by atoms with Gasteiger partial charge in [0.05, 0.1) is 0 Å². The standard InChI is InChI=1S/C20H21N3O4S/c1-11(2)10-23-18(22(3)20(26)27)16(15-5-4-8-28-15)14-9-12(17(21)24)6-7-13(14)19(23)25/h4-9,11H,10H2,1-3H3,(H2,21,24)(H,26,27). The Morgan fingerprint density at radius 2 is 1.96 bits per heavy atom. The van der Waals surface area contributed by atoms with Gasteiger partial charge < -0.3 is 10.8 Å². The van der Waals surface area contributed by atoms with E-state index in [4.69, 9.17) is 5.73 Å². The third-order valence-electron chi connectivity index (χ3n) is 4.45. The average Bonchev–Trinajstić information content (AvgIpc) is 3.16. The quantitative estimate of drug-likeness (QED) is 0.684. The van der Waals surface area contributed by atoms with Gasteiger partial charge in [0.25, 0.3) is 5.56 Å². The van der Waals surface area contributed by atoms with E-state index in [-0.39, 0.29) is 22.9 Å². The van der Waals surface area contributed by atoms with Crippen molar-refractivity contribution >= 4 is 39.9 Å². The summed E-state index contributed by atoms with van der Waals surface area (Å²) in [5.41, 5.74) is 5.98. The number of carboxylic acid groups (broad SMARTS) is 1. The molecule has 0 bridgehead atoms. The number of nitrogens with two attached hydrogens (primary N) is 1. The molecule has 1 aromatic carbocycles. The molecule has 7 nitrogen and oxygen atoms in total. The summed E-state index contributed by atoms with van der Waals surface area (Å²) in [5.74, 6) is -0.210. The van der Waals surface area contributed by atoms with Crippen molar-refractivity contribution in [1.29, 1.82) is 0 Å². The largest absolute Gasteiger partial charge is 0.465 e. The van der Waals surface area contributed by atoms with E-state index < -0.39 is 12.0 Å². The molecule has 0 unspecified atom stereocenters. The van der Waals surface area contributed by atoms with E-state index in [9.17, 15) is 19.5 Å². The minimum atomic E-state index is -1.18. The van der Waals surface area contributed by atoms with Crippen LogP contribution in [0.4, 0.5) is 10.6 Å². The van der Waals surface area contributed by atoms with Gasteiger partial charge in [0.15, 0.2) is 0 Å². The van der Waals surface area contributed by atoms with Crippen LogP contribution in [0.15, 0.2) is 40.5 Å². The van der Waals surface area contributed by atoms with Crippen LogP contribution in [0.1, 0.15) is 24.2 Å². The molecule has 0 saturated heterocycles. The number of hydrogen-bond donors (Lipinski definition) is 2. The Bertz CT molecular complexity index is 1120. The topological polar surface area (TPSA) is 106 Å². The van der Waals surface area contributed by atoms with Crippen molar-refractivity contribution in [2.45, 2.75) is 20.4 Å². The molecule has 0 aliphatic carbocycles. The normalized spacial score (nSPS) is 11.1. The Morgan fingerprint density at radius 3 is 2.50 bits per heavy atom. The summed E-state index contributed by atoms with van der Waals surface area (Å²) in [6, 6.07) is 8.37. The zero-order valence-electron chi connectivity index (χ0n) is 15.8. The first-order valence-corrected chi connectivity index (χ1v) is 9.61. The van der Waals surface area contributed by atoms with Crippen LogP contribution in [0, 0.1) is 5.92 Å². The monoisotopic (exact) mass is 399 g/mol. The summed E-state index contributed by atoms with van der Waals surface area (Å²) in [5, 5.41) is 12.5. The molecule has 0 atom stereocenters. The lowest BCUT2D eigenvalue weighted by Gasteiger charge is -2.25. The number of hydrogen-bond acceptors (Lipinski definition) is 4. The first-order chi connectivity index (χ1) is 13.2. The van der Waals surface area contributed by atoms with Crippen molar-refractivity contribution in [1.82, 2.24) is 4.57 Å². The molecule has 2 aromatic heterocycles. The van der Waals surface area contributed by atoms with Crippen LogP contribution >= 0.6 is 11.3 Å². The van der Waals surface area contributed by atoms with Crippen molar-refractivity contribution in [2.24, 2.45) is 11.7 Å². The first-order valence-electron chi connectivity index (χ1n) is 8.73. The number of anilines is 1. The van der Waals surface area contributed by atoms with Crippen molar-refractivity contribution in [3.63, 3.8) is 0 Å². The number of carbonyl (C=O) groups is 2. The fourth-order valence-corrected chi connectivity index (χ4v) is 4.01. The van der Waals surface area contributed by atoms with Crippen LogP contribution in [0.3, 0.4) is 0 Å². The molecule has 3 N–H and O–H groups in total. The number of primary amides is 1.